The van der Waals surface area contributed by atoms with E-state index in [-0.39, 0.29) is 12.9 Å². The molecule has 1 aliphatic heterocycles. The quantitative estimate of drug-likeness (QED) is 0.171. The number of ether oxygens (including phenoxy) is 4. The lowest BCUT2D eigenvalue weighted by atomic mass is 9.80. The summed E-state index contributed by atoms with van der Waals surface area (Å²) in [7, 11) is -2.47. The van der Waals surface area contributed by atoms with Gasteiger partial charge in [-0.2, -0.15) is 0 Å². The molecule has 1 aromatic carbocycles. The summed E-state index contributed by atoms with van der Waals surface area (Å²) in [5, 5.41) is 1.98. The molecule has 7 rings (SSSR count). The predicted molar refractivity (Wildman–Crippen MR) is 174 cm³/mol. The van der Waals surface area contributed by atoms with Crippen molar-refractivity contribution in [3.63, 3.8) is 0 Å². The number of allylic oxidation sites excluding steroid dienone is 3. The van der Waals surface area contributed by atoms with Gasteiger partial charge in [-0.1, -0.05) is 29.8 Å². The Labute approximate surface area is 271 Å². The van der Waals surface area contributed by atoms with Gasteiger partial charge in [0, 0.05) is 54.0 Å². The lowest BCUT2D eigenvalue weighted by molar-refractivity contribution is -0.171. The Bertz CT molecular complexity index is 1870. The molecule has 0 radical (unpaired) electrons. The minimum atomic E-state index is -4.08. The van der Waals surface area contributed by atoms with Crippen molar-refractivity contribution < 1.29 is 27.4 Å². The number of thiazole rings is 1. The third-order valence-corrected chi connectivity index (χ3v) is 12.8. The van der Waals surface area contributed by atoms with Gasteiger partial charge in [-0.15, -0.1) is 11.3 Å². The van der Waals surface area contributed by atoms with Crippen LogP contribution in [0, 0.1) is 0 Å². The molecule has 3 atom stereocenters. The summed E-state index contributed by atoms with van der Waals surface area (Å²) >= 11 is 8.04. The van der Waals surface area contributed by atoms with Gasteiger partial charge < -0.3 is 18.9 Å². The highest BCUT2D eigenvalue weighted by molar-refractivity contribution is 7.91. The Hall–Kier alpha value is -3.06. The average molecular weight is 668 g/mol. The van der Waals surface area contributed by atoms with Crippen LogP contribution in [0.3, 0.4) is 0 Å². The molecule has 0 spiro atoms. The maximum absolute atomic E-state index is 14.6. The fourth-order valence-corrected chi connectivity index (χ4v) is 9.70. The van der Waals surface area contributed by atoms with Crippen LogP contribution >= 0.6 is 22.9 Å². The zero-order chi connectivity index (χ0) is 31.2. The molecule has 236 valence electrons. The molecule has 12 heteroatoms. The van der Waals surface area contributed by atoms with E-state index in [0.29, 0.717) is 23.9 Å². The van der Waals surface area contributed by atoms with Crippen LogP contribution in [0.1, 0.15) is 49.1 Å². The fraction of sp³-hybridized carbons (Fsp3) is 0.394. The molecule has 2 aliphatic carbocycles. The van der Waals surface area contributed by atoms with Crippen molar-refractivity contribution in [1.82, 2.24) is 13.9 Å². The SMILES string of the molecule is COCOC1(c2ncc(-c3ccnc4c3ccn4S(=O)(=O)C3(C)C=C(Cl)C=CC3c3ccc(OC4CCOC4)cc3)s2)CCC1. The molecule has 3 unspecified atom stereocenters. The summed E-state index contributed by atoms with van der Waals surface area (Å²) in [4.78, 5) is 10.2. The lowest BCUT2D eigenvalue weighted by Crippen LogP contribution is -2.43. The van der Waals surface area contributed by atoms with Crippen molar-refractivity contribution in [2.24, 2.45) is 0 Å². The van der Waals surface area contributed by atoms with Crippen molar-refractivity contribution >= 4 is 44.0 Å². The zero-order valence-corrected chi connectivity index (χ0v) is 27.4. The molecular weight excluding hydrogens is 634 g/mol. The summed E-state index contributed by atoms with van der Waals surface area (Å²) in [6, 6.07) is 11.3. The molecule has 0 amide bonds. The summed E-state index contributed by atoms with van der Waals surface area (Å²) in [6.45, 7) is 3.18. The summed E-state index contributed by atoms with van der Waals surface area (Å²) in [5.74, 6) is 0.212. The Morgan fingerprint density at radius 3 is 2.69 bits per heavy atom. The van der Waals surface area contributed by atoms with Gasteiger partial charge in [0.05, 0.1) is 18.1 Å². The average Bonchev–Trinajstić information content (AvgIpc) is 3.79. The molecule has 4 aromatic rings. The molecule has 9 nitrogen and oxygen atoms in total. The molecule has 3 aliphatic rings. The second-order valence-electron chi connectivity index (χ2n) is 11.9. The van der Waals surface area contributed by atoms with Crippen LogP contribution in [-0.4, -0.2) is 60.3 Å². The largest absolute Gasteiger partial charge is 0.488 e. The molecule has 0 bridgehead atoms. The van der Waals surface area contributed by atoms with Gasteiger partial charge in [-0.3, -0.25) is 0 Å². The van der Waals surface area contributed by atoms with Gasteiger partial charge in [-0.05, 0) is 68.2 Å². The third kappa shape index (κ3) is 5.33. The first-order valence-corrected chi connectivity index (χ1v) is 17.6. The normalized spacial score (nSPS) is 24.5. The Morgan fingerprint density at radius 2 is 1.98 bits per heavy atom. The van der Waals surface area contributed by atoms with Crippen molar-refractivity contribution in [2.75, 3.05) is 27.1 Å². The maximum atomic E-state index is 14.6. The van der Waals surface area contributed by atoms with Gasteiger partial charge in [0.15, 0.2) is 5.65 Å². The number of nitrogens with zero attached hydrogens (tertiary/aromatic N) is 3. The van der Waals surface area contributed by atoms with E-state index in [4.69, 9.17) is 35.5 Å². The van der Waals surface area contributed by atoms with Crippen molar-refractivity contribution in [2.45, 2.75) is 55.0 Å². The Morgan fingerprint density at radius 1 is 1.16 bits per heavy atom. The first-order chi connectivity index (χ1) is 21.7. The number of aromatic nitrogens is 3. The predicted octanol–water partition coefficient (Wildman–Crippen LogP) is 6.74. The van der Waals surface area contributed by atoms with Gasteiger partial charge in [-0.25, -0.2) is 22.4 Å². The van der Waals surface area contributed by atoms with E-state index in [9.17, 15) is 8.42 Å². The second-order valence-corrected chi connectivity index (χ2v) is 15.6. The highest BCUT2D eigenvalue weighted by Gasteiger charge is 2.47. The topological polar surface area (TPSA) is 102 Å². The van der Waals surface area contributed by atoms with E-state index in [0.717, 1.165) is 57.8 Å². The number of halogens is 1. The van der Waals surface area contributed by atoms with E-state index in [1.165, 1.54) is 3.97 Å². The van der Waals surface area contributed by atoms with Crippen LogP contribution in [0.4, 0.5) is 0 Å². The molecule has 2 fully saturated rings. The van der Waals surface area contributed by atoms with E-state index in [2.05, 4.69) is 4.98 Å². The van der Waals surface area contributed by atoms with Crippen LogP contribution in [0.5, 0.6) is 5.75 Å². The molecule has 4 heterocycles. The van der Waals surface area contributed by atoms with Crippen LogP contribution in [0.15, 0.2) is 78.2 Å². The molecule has 3 aromatic heterocycles. The van der Waals surface area contributed by atoms with Crippen LogP contribution < -0.4 is 4.74 Å². The number of benzene rings is 1. The van der Waals surface area contributed by atoms with Gasteiger partial charge in [0.1, 0.15) is 34.0 Å². The molecule has 1 saturated carbocycles. The highest BCUT2D eigenvalue weighted by Crippen LogP contribution is 2.48. The van der Waals surface area contributed by atoms with Crippen LogP contribution in [0.25, 0.3) is 21.5 Å². The van der Waals surface area contributed by atoms with Crippen LogP contribution in [-0.2, 0) is 29.8 Å². The van der Waals surface area contributed by atoms with Gasteiger partial charge in [0.2, 0.25) is 10.0 Å². The van der Waals surface area contributed by atoms with Crippen LogP contribution in [0.2, 0.25) is 0 Å². The Balaban J connectivity index is 1.22. The fourth-order valence-electron chi connectivity index (χ4n) is 6.35. The van der Waals surface area contributed by atoms with E-state index < -0.39 is 26.3 Å². The summed E-state index contributed by atoms with van der Waals surface area (Å²) in [6.07, 6.45) is 14.0. The Kier molecular flexibility index (Phi) is 8.12. The van der Waals surface area contributed by atoms with E-state index >= 15 is 0 Å². The molecule has 45 heavy (non-hydrogen) atoms. The van der Waals surface area contributed by atoms with Gasteiger partial charge >= 0.3 is 0 Å². The van der Waals surface area contributed by atoms with E-state index in [1.54, 1.807) is 56.0 Å². The number of pyridine rings is 1. The van der Waals surface area contributed by atoms with Crippen molar-refractivity contribution in [1.29, 1.82) is 0 Å². The number of hydrogen-bond acceptors (Lipinski definition) is 9. The third-order valence-electron chi connectivity index (χ3n) is 9.06. The monoisotopic (exact) mass is 667 g/mol. The lowest BCUT2D eigenvalue weighted by Gasteiger charge is -2.39. The first kappa shape index (κ1) is 30.6. The molecular formula is C33H34ClN3O6S2. The zero-order valence-electron chi connectivity index (χ0n) is 25.0. The smallest absolute Gasteiger partial charge is 0.250 e. The highest BCUT2D eigenvalue weighted by atomic mass is 35.5. The number of fused-ring (bicyclic) bond motifs is 1. The molecule has 0 N–H and O–H groups in total. The number of hydrogen-bond donors (Lipinski definition) is 0. The van der Waals surface area contributed by atoms with Crippen molar-refractivity contribution in [3.8, 4) is 16.2 Å². The summed E-state index contributed by atoms with van der Waals surface area (Å²) < 4.78 is 51.8. The minimum Gasteiger partial charge on any atom is -0.488 e. The second kappa shape index (κ2) is 11.9. The molecule has 1 saturated heterocycles. The first-order valence-electron chi connectivity index (χ1n) is 15.0. The minimum absolute atomic E-state index is 0.0251. The number of rotatable bonds is 10. The van der Waals surface area contributed by atoms with Gasteiger partial charge in [0.25, 0.3) is 0 Å². The summed E-state index contributed by atoms with van der Waals surface area (Å²) in [5.41, 5.74) is 1.61. The van der Waals surface area contributed by atoms with E-state index in [1.807, 2.05) is 42.6 Å². The standard InChI is InChI=1S/C33H34ClN3O6S2/c1-32(18-23(34)6-9-28(32)22-4-7-24(8-5-22)43-25-12-17-41-20-25)45(38,39)37-16-11-27-26(10-15-35-30(27)37)29-19-36-31(44-29)33(13-3-14-33)42-21-40-2/h4-11,15-16,18-19,25,28H,3,12-14,17,20-21H2,1-2H3. The van der Waals surface area contributed by atoms with Crippen molar-refractivity contribution in [3.05, 3.63) is 88.8 Å². The maximum Gasteiger partial charge on any atom is 0.250 e. The number of methoxy groups -OCH3 is 1.